The van der Waals surface area contributed by atoms with Crippen LogP contribution in [0.4, 0.5) is 17.6 Å². The van der Waals surface area contributed by atoms with Crippen LogP contribution < -0.4 is 0 Å². The fraction of sp³-hybridized carbons (Fsp3) is 0.143. The molecule has 0 fully saturated rings. The molecule has 0 aromatic heterocycles. The fourth-order valence-corrected chi connectivity index (χ4v) is 1.11. The first-order valence-corrected chi connectivity index (χ1v) is 3.87. The zero-order chi connectivity index (χ0) is 10.2. The second kappa shape index (κ2) is 3.17. The second-order valence-corrected chi connectivity index (χ2v) is 3.05. The van der Waals surface area contributed by atoms with E-state index in [0.717, 1.165) is 0 Å². The van der Waals surface area contributed by atoms with E-state index in [-0.39, 0.29) is 0 Å². The van der Waals surface area contributed by atoms with Crippen LogP contribution in [0.2, 0.25) is 0 Å². The second-order valence-electron chi connectivity index (χ2n) is 2.26. The van der Waals surface area contributed by atoms with Gasteiger partial charge >= 0.3 is 6.18 Å². The van der Waals surface area contributed by atoms with Crippen LogP contribution in [0.1, 0.15) is 5.56 Å². The maximum absolute atomic E-state index is 12.6. The molecule has 1 aromatic rings. The zero-order valence-corrected chi connectivity index (χ0v) is 7.58. The van der Waals surface area contributed by atoms with Crippen LogP contribution in [0.25, 0.3) is 0 Å². The normalized spacial score (nSPS) is 11.8. The zero-order valence-electron chi connectivity index (χ0n) is 5.99. The topological polar surface area (TPSA) is 20.2 Å². The molecule has 0 aliphatic rings. The summed E-state index contributed by atoms with van der Waals surface area (Å²) in [7, 11) is 0. The highest BCUT2D eigenvalue weighted by Crippen LogP contribution is 2.40. The fourth-order valence-electron chi connectivity index (χ4n) is 0.769. The van der Waals surface area contributed by atoms with Crippen molar-refractivity contribution in [1.29, 1.82) is 0 Å². The average Bonchev–Trinajstić information content (AvgIpc) is 1.98. The number of alkyl halides is 3. The summed E-state index contributed by atoms with van der Waals surface area (Å²) in [5.41, 5.74) is -1.26. The van der Waals surface area contributed by atoms with Crippen LogP contribution in [0.3, 0.4) is 0 Å². The quantitative estimate of drug-likeness (QED) is 0.708. The van der Waals surface area contributed by atoms with Gasteiger partial charge in [0.05, 0.1) is 10.0 Å². The van der Waals surface area contributed by atoms with Crippen LogP contribution in [0.15, 0.2) is 16.6 Å². The van der Waals surface area contributed by atoms with Gasteiger partial charge in [0.2, 0.25) is 0 Å². The molecule has 72 valence electrons. The Morgan fingerprint density at radius 3 is 2.23 bits per heavy atom. The SMILES string of the molecule is Oc1c(C(F)(F)F)ccc(F)c1Br. The highest BCUT2D eigenvalue weighted by atomic mass is 79.9. The Kier molecular flexibility index (Phi) is 2.51. The minimum absolute atomic E-state index is 0.482. The molecule has 0 radical (unpaired) electrons. The van der Waals surface area contributed by atoms with Crippen molar-refractivity contribution in [2.75, 3.05) is 0 Å². The molecular formula is C7H3BrF4O. The number of benzene rings is 1. The molecule has 0 saturated heterocycles. The van der Waals surface area contributed by atoms with E-state index in [0.29, 0.717) is 12.1 Å². The van der Waals surface area contributed by atoms with E-state index in [9.17, 15) is 17.6 Å². The first kappa shape index (κ1) is 10.3. The van der Waals surface area contributed by atoms with E-state index in [1.165, 1.54) is 0 Å². The van der Waals surface area contributed by atoms with Crippen molar-refractivity contribution in [3.8, 4) is 5.75 Å². The summed E-state index contributed by atoms with van der Waals surface area (Å²) in [5.74, 6) is -2.07. The van der Waals surface area contributed by atoms with Crippen molar-refractivity contribution in [3.05, 3.63) is 28.0 Å². The van der Waals surface area contributed by atoms with E-state index in [1.807, 2.05) is 0 Å². The Labute approximate surface area is 79.1 Å². The van der Waals surface area contributed by atoms with Gasteiger partial charge in [0.25, 0.3) is 0 Å². The number of phenols is 1. The Morgan fingerprint density at radius 2 is 1.77 bits per heavy atom. The van der Waals surface area contributed by atoms with Crippen molar-refractivity contribution >= 4 is 15.9 Å². The molecular weight excluding hydrogens is 256 g/mol. The van der Waals surface area contributed by atoms with Crippen LogP contribution in [0.5, 0.6) is 5.75 Å². The Morgan fingerprint density at radius 1 is 1.23 bits per heavy atom. The number of hydrogen-bond donors (Lipinski definition) is 1. The van der Waals surface area contributed by atoms with Crippen LogP contribution >= 0.6 is 15.9 Å². The monoisotopic (exact) mass is 258 g/mol. The molecule has 0 amide bonds. The van der Waals surface area contributed by atoms with Crippen molar-refractivity contribution in [2.24, 2.45) is 0 Å². The minimum atomic E-state index is -4.68. The third kappa shape index (κ3) is 1.93. The lowest BCUT2D eigenvalue weighted by Crippen LogP contribution is -2.05. The lowest BCUT2D eigenvalue weighted by molar-refractivity contribution is -0.138. The molecule has 13 heavy (non-hydrogen) atoms. The number of phenolic OH excluding ortho intramolecular Hbond substituents is 1. The van der Waals surface area contributed by atoms with Crippen molar-refractivity contribution < 1.29 is 22.7 Å². The Bertz CT molecular complexity index is 334. The van der Waals surface area contributed by atoms with Gasteiger partial charge in [-0.1, -0.05) is 0 Å². The molecule has 6 heteroatoms. The van der Waals surface area contributed by atoms with Gasteiger partial charge in [-0.3, -0.25) is 0 Å². The van der Waals surface area contributed by atoms with E-state index >= 15 is 0 Å². The maximum atomic E-state index is 12.6. The maximum Gasteiger partial charge on any atom is 0.419 e. The molecule has 1 rings (SSSR count). The first-order chi connectivity index (χ1) is 5.84. The van der Waals surface area contributed by atoms with Crippen LogP contribution in [-0.2, 0) is 6.18 Å². The molecule has 0 bridgehead atoms. The number of halogens is 5. The summed E-state index contributed by atoms with van der Waals surface area (Å²) in [4.78, 5) is 0. The molecule has 0 saturated carbocycles. The van der Waals surface area contributed by atoms with Crippen LogP contribution in [-0.4, -0.2) is 5.11 Å². The van der Waals surface area contributed by atoms with Crippen molar-refractivity contribution in [2.45, 2.75) is 6.18 Å². The summed E-state index contributed by atoms with van der Waals surface area (Å²) in [5, 5.41) is 8.91. The number of aromatic hydroxyl groups is 1. The van der Waals surface area contributed by atoms with E-state index in [4.69, 9.17) is 5.11 Å². The summed E-state index contributed by atoms with van der Waals surface area (Å²) >= 11 is 2.50. The predicted molar refractivity (Wildman–Crippen MR) is 40.8 cm³/mol. The molecule has 0 spiro atoms. The molecule has 0 heterocycles. The molecule has 0 atom stereocenters. The number of hydrogen-bond acceptors (Lipinski definition) is 1. The first-order valence-electron chi connectivity index (χ1n) is 3.08. The Hall–Kier alpha value is -0.780. The minimum Gasteiger partial charge on any atom is -0.506 e. The van der Waals surface area contributed by atoms with Gasteiger partial charge in [0.1, 0.15) is 11.6 Å². The molecule has 0 unspecified atom stereocenters. The summed E-state index contributed by atoms with van der Waals surface area (Å²) in [6.45, 7) is 0. The lowest BCUT2D eigenvalue weighted by atomic mass is 10.2. The highest BCUT2D eigenvalue weighted by Gasteiger charge is 2.35. The largest absolute Gasteiger partial charge is 0.506 e. The summed E-state index contributed by atoms with van der Waals surface area (Å²) < 4.78 is 48.2. The van der Waals surface area contributed by atoms with E-state index in [2.05, 4.69) is 15.9 Å². The third-order valence-electron chi connectivity index (χ3n) is 1.37. The van der Waals surface area contributed by atoms with Gasteiger partial charge in [-0.25, -0.2) is 4.39 Å². The molecule has 1 aromatic carbocycles. The standard InChI is InChI=1S/C7H3BrF4O/c8-5-4(9)2-1-3(6(5)13)7(10,11)12/h1-2,13H. The van der Waals surface area contributed by atoms with Gasteiger partial charge in [0.15, 0.2) is 0 Å². The molecule has 0 aliphatic carbocycles. The van der Waals surface area contributed by atoms with Crippen LogP contribution in [0, 0.1) is 5.82 Å². The van der Waals surface area contributed by atoms with Crippen molar-refractivity contribution in [3.63, 3.8) is 0 Å². The Balaban J connectivity index is 3.35. The van der Waals surface area contributed by atoms with Gasteiger partial charge in [-0.2, -0.15) is 13.2 Å². The van der Waals surface area contributed by atoms with Gasteiger partial charge in [-0.15, -0.1) is 0 Å². The molecule has 1 N–H and O–H groups in total. The average molecular weight is 259 g/mol. The van der Waals surface area contributed by atoms with Crippen molar-refractivity contribution in [1.82, 2.24) is 0 Å². The van der Waals surface area contributed by atoms with Gasteiger partial charge < -0.3 is 5.11 Å². The van der Waals surface area contributed by atoms with Gasteiger partial charge in [-0.05, 0) is 28.1 Å². The molecule has 1 nitrogen and oxygen atoms in total. The number of rotatable bonds is 0. The highest BCUT2D eigenvalue weighted by molar-refractivity contribution is 9.10. The van der Waals surface area contributed by atoms with E-state index in [1.54, 1.807) is 0 Å². The van der Waals surface area contributed by atoms with Gasteiger partial charge in [0, 0.05) is 0 Å². The van der Waals surface area contributed by atoms with E-state index < -0.39 is 27.8 Å². The third-order valence-corrected chi connectivity index (χ3v) is 2.13. The summed E-state index contributed by atoms with van der Waals surface area (Å²) in [6, 6.07) is 1.11. The predicted octanol–water partition coefficient (Wildman–Crippen LogP) is 3.31. The smallest absolute Gasteiger partial charge is 0.419 e. The lowest BCUT2D eigenvalue weighted by Gasteiger charge is -2.09. The summed E-state index contributed by atoms with van der Waals surface area (Å²) in [6.07, 6.45) is -4.68. The molecule has 0 aliphatic heterocycles.